The van der Waals surface area contributed by atoms with Crippen LogP contribution in [0, 0.1) is 0 Å². The van der Waals surface area contributed by atoms with Crippen LogP contribution in [0.3, 0.4) is 0 Å². The van der Waals surface area contributed by atoms with Gasteiger partial charge in [-0.2, -0.15) is 0 Å². The van der Waals surface area contributed by atoms with Gasteiger partial charge in [0, 0.05) is 36.4 Å². The SMILES string of the molecule is O=C(NC1CCN2CCCC12)c1ccc2c(c1)NCC2. The Morgan fingerprint density at radius 1 is 1.30 bits per heavy atom. The Labute approximate surface area is 119 Å². The van der Waals surface area contributed by atoms with Crippen LogP contribution in [0.15, 0.2) is 18.2 Å². The summed E-state index contributed by atoms with van der Waals surface area (Å²) in [7, 11) is 0. The smallest absolute Gasteiger partial charge is 0.251 e. The van der Waals surface area contributed by atoms with Gasteiger partial charge >= 0.3 is 0 Å². The van der Waals surface area contributed by atoms with E-state index in [0.717, 1.165) is 37.2 Å². The molecule has 3 heterocycles. The molecule has 0 radical (unpaired) electrons. The van der Waals surface area contributed by atoms with Crippen molar-refractivity contribution in [1.29, 1.82) is 0 Å². The zero-order chi connectivity index (χ0) is 13.5. The van der Waals surface area contributed by atoms with Crippen LogP contribution < -0.4 is 10.6 Å². The molecule has 20 heavy (non-hydrogen) atoms. The van der Waals surface area contributed by atoms with Crippen molar-refractivity contribution in [1.82, 2.24) is 10.2 Å². The number of nitrogens with one attached hydrogen (secondary N) is 2. The van der Waals surface area contributed by atoms with E-state index in [4.69, 9.17) is 0 Å². The van der Waals surface area contributed by atoms with Crippen LogP contribution in [0.5, 0.6) is 0 Å². The monoisotopic (exact) mass is 271 g/mol. The number of fused-ring (bicyclic) bond motifs is 2. The Hall–Kier alpha value is -1.55. The molecule has 2 unspecified atom stereocenters. The maximum absolute atomic E-state index is 12.4. The summed E-state index contributed by atoms with van der Waals surface area (Å²) >= 11 is 0. The molecule has 0 spiro atoms. The molecule has 0 saturated carbocycles. The highest BCUT2D eigenvalue weighted by atomic mass is 16.1. The van der Waals surface area contributed by atoms with Crippen LogP contribution in [-0.4, -0.2) is 42.5 Å². The number of carbonyl (C=O) groups is 1. The molecule has 3 aliphatic heterocycles. The topological polar surface area (TPSA) is 44.4 Å². The minimum Gasteiger partial charge on any atom is -0.384 e. The molecule has 4 heteroatoms. The lowest BCUT2D eigenvalue weighted by atomic mass is 10.0. The van der Waals surface area contributed by atoms with Crippen LogP contribution in [0.25, 0.3) is 0 Å². The van der Waals surface area contributed by atoms with E-state index < -0.39 is 0 Å². The molecular weight excluding hydrogens is 250 g/mol. The quantitative estimate of drug-likeness (QED) is 0.859. The number of hydrogen-bond donors (Lipinski definition) is 2. The highest BCUT2D eigenvalue weighted by Crippen LogP contribution is 2.28. The third-order valence-corrected chi connectivity index (χ3v) is 5.00. The lowest BCUT2D eigenvalue weighted by Crippen LogP contribution is -2.42. The third-order valence-electron chi connectivity index (χ3n) is 5.00. The highest BCUT2D eigenvalue weighted by molar-refractivity contribution is 5.95. The molecule has 2 atom stereocenters. The number of amides is 1. The van der Waals surface area contributed by atoms with Crippen molar-refractivity contribution in [2.75, 3.05) is 25.0 Å². The summed E-state index contributed by atoms with van der Waals surface area (Å²) in [5.74, 6) is 0.0836. The molecule has 0 aliphatic carbocycles. The molecule has 2 fully saturated rings. The normalized spacial score (nSPS) is 28.0. The average molecular weight is 271 g/mol. The van der Waals surface area contributed by atoms with E-state index >= 15 is 0 Å². The minimum absolute atomic E-state index is 0.0836. The van der Waals surface area contributed by atoms with Gasteiger partial charge in [0.15, 0.2) is 0 Å². The van der Waals surface area contributed by atoms with Crippen LogP contribution >= 0.6 is 0 Å². The number of benzene rings is 1. The van der Waals surface area contributed by atoms with E-state index in [-0.39, 0.29) is 5.91 Å². The first-order chi connectivity index (χ1) is 9.81. The van der Waals surface area contributed by atoms with E-state index in [1.54, 1.807) is 0 Å². The van der Waals surface area contributed by atoms with Crippen molar-refractivity contribution in [3.05, 3.63) is 29.3 Å². The zero-order valence-corrected chi connectivity index (χ0v) is 11.7. The lowest BCUT2D eigenvalue weighted by molar-refractivity contribution is 0.0929. The van der Waals surface area contributed by atoms with Gasteiger partial charge < -0.3 is 10.6 Å². The fraction of sp³-hybridized carbons (Fsp3) is 0.562. The van der Waals surface area contributed by atoms with Gasteiger partial charge in [0.25, 0.3) is 5.91 Å². The number of rotatable bonds is 2. The third kappa shape index (κ3) is 1.99. The van der Waals surface area contributed by atoms with Crippen molar-refractivity contribution in [2.24, 2.45) is 0 Å². The van der Waals surface area contributed by atoms with Crippen LogP contribution in [0.4, 0.5) is 5.69 Å². The maximum atomic E-state index is 12.4. The largest absolute Gasteiger partial charge is 0.384 e. The van der Waals surface area contributed by atoms with E-state index in [1.165, 1.54) is 24.9 Å². The van der Waals surface area contributed by atoms with Crippen molar-refractivity contribution in [3.63, 3.8) is 0 Å². The van der Waals surface area contributed by atoms with Crippen molar-refractivity contribution in [3.8, 4) is 0 Å². The number of nitrogens with zero attached hydrogens (tertiary/aromatic N) is 1. The molecule has 4 nitrogen and oxygen atoms in total. The molecule has 106 valence electrons. The molecule has 0 bridgehead atoms. The van der Waals surface area contributed by atoms with Gasteiger partial charge in [-0.25, -0.2) is 0 Å². The van der Waals surface area contributed by atoms with Crippen molar-refractivity contribution < 1.29 is 4.79 Å². The van der Waals surface area contributed by atoms with E-state index in [2.05, 4.69) is 21.6 Å². The van der Waals surface area contributed by atoms with Crippen molar-refractivity contribution >= 4 is 11.6 Å². The summed E-state index contributed by atoms with van der Waals surface area (Å²) in [6.07, 6.45) is 4.67. The first-order valence-corrected chi connectivity index (χ1v) is 7.73. The van der Waals surface area contributed by atoms with E-state index in [9.17, 15) is 4.79 Å². The second-order valence-corrected chi connectivity index (χ2v) is 6.16. The van der Waals surface area contributed by atoms with Gasteiger partial charge in [-0.15, -0.1) is 0 Å². The Balaban J connectivity index is 1.48. The molecule has 1 amide bonds. The average Bonchev–Trinajstić information content (AvgIpc) is 3.14. The lowest BCUT2D eigenvalue weighted by Gasteiger charge is -2.21. The summed E-state index contributed by atoms with van der Waals surface area (Å²) in [5, 5.41) is 6.59. The van der Waals surface area contributed by atoms with Gasteiger partial charge in [0.2, 0.25) is 0 Å². The molecule has 1 aromatic carbocycles. The summed E-state index contributed by atoms with van der Waals surface area (Å²) in [5.41, 5.74) is 3.24. The van der Waals surface area contributed by atoms with E-state index in [0.29, 0.717) is 12.1 Å². The van der Waals surface area contributed by atoms with Crippen LogP contribution in [0.2, 0.25) is 0 Å². The maximum Gasteiger partial charge on any atom is 0.251 e. The Bertz CT molecular complexity index is 543. The molecule has 1 aromatic rings. The fourth-order valence-electron chi connectivity index (χ4n) is 3.93. The standard InChI is InChI=1S/C16H21N3O/c20-16(12-4-3-11-5-7-17-14(11)10-12)18-13-6-9-19-8-1-2-15(13)19/h3-4,10,13,15,17H,1-2,5-9H2,(H,18,20). The van der Waals surface area contributed by atoms with Gasteiger partial charge in [-0.1, -0.05) is 6.07 Å². The van der Waals surface area contributed by atoms with Crippen molar-refractivity contribution in [2.45, 2.75) is 37.8 Å². The summed E-state index contributed by atoms with van der Waals surface area (Å²) in [4.78, 5) is 15.0. The predicted molar refractivity (Wildman–Crippen MR) is 79.1 cm³/mol. The second kappa shape index (κ2) is 4.77. The predicted octanol–water partition coefficient (Wildman–Crippen LogP) is 1.62. The van der Waals surface area contributed by atoms with Gasteiger partial charge in [0.1, 0.15) is 0 Å². The van der Waals surface area contributed by atoms with Gasteiger partial charge in [-0.05, 0) is 49.9 Å². The molecule has 2 saturated heterocycles. The van der Waals surface area contributed by atoms with Gasteiger partial charge in [0.05, 0.1) is 0 Å². The summed E-state index contributed by atoms with van der Waals surface area (Å²) < 4.78 is 0. The Kier molecular flexibility index (Phi) is 2.91. The number of anilines is 1. The summed E-state index contributed by atoms with van der Waals surface area (Å²) in [6, 6.07) is 6.96. The molecular formula is C16H21N3O. The Morgan fingerprint density at radius 3 is 3.20 bits per heavy atom. The second-order valence-electron chi connectivity index (χ2n) is 6.16. The van der Waals surface area contributed by atoms with Crippen LogP contribution in [0.1, 0.15) is 35.2 Å². The highest BCUT2D eigenvalue weighted by Gasteiger charge is 2.37. The molecule has 4 rings (SSSR count). The first kappa shape index (κ1) is 12.2. The minimum atomic E-state index is 0.0836. The first-order valence-electron chi connectivity index (χ1n) is 7.73. The number of carbonyl (C=O) groups excluding carboxylic acids is 1. The molecule has 2 N–H and O–H groups in total. The van der Waals surface area contributed by atoms with Gasteiger partial charge in [-0.3, -0.25) is 9.69 Å². The van der Waals surface area contributed by atoms with E-state index in [1.807, 2.05) is 12.1 Å². The zero-order valence-electron chi connectivity index (χ0n) is 11.7. The van der Waals surface area contributed by atoms with Crippen LogP contribution in [-0.2, 0) is 6.42 Å². The molecule has 3 aliphatic rings. The Morgan fingerprint density at radius 2 is 2.25 bits per heavy atom. The number of hydrogen-bond acceptors (Lipinski definition) is 3. The fourth-order valence-corrected chi connectivity index (χ4v) is 3.93. The summed E-state index contributed by atoms with van der Waals surface area (Å²) in [6.45, 7) is 3.33. The molecule has 0 aromatic heterocycles.